The van der Waals surface area contributed by atoms with Gasteiger partial charge in [-0.25, -0.2) is 0 Å². The highest BCUT2D eigenvalue weighted by atomic mass is 16.3. The summed E-state index contributed by atoms with van der Waals surface area (Å²) < 4.78 is 0. The average Bonchev–Trinajstić information content (AvgIpc) is 2.05. The highest BCUT2D eigenvalue weighted by Crippen LogP contribution is 2.06. The van der Waals surface area contributed by atoms with Gasteiger partial charge in [0, 0.05) is 0 Å². The molecule has 0 aliphatic carbocycles. The number of nitrogens with zero attached hydrogens (tertiary/aromatic N) is 1. The van der Waals surface area contributed by atoms with Gasteiger partial charge in [0.05, 0.1) is 0 Å². The van der Waals surface area contributed by atoms with E-state index in [-0.39, 0.29) is 12.5 Å². The van der Waals surface area contributed by atoms with Crippen molar-refractivity contribution in [3.8, 4) is 0 Å². The molecule has 66 valence electrons. The molecule has 0 bridgehead atoms. The minimum Gasteiger partial charge on any atom is -0.150 e. The van der Waals surface area contributed by atoms with Crippen molar-refractivity contribution in [1.29, 1.82) is 0 Å². The van der Waals surface area contributed by atoms with Gasteiger partial charge in [-0.05, 0) is 18.4 Å². The summed E-state index contributed by atoms with van der Waals surface area (Å²) in [5.74, 6) is 0.290. The molecule has 0 fully saturated rings. The van der Waals surface area contributed by atoms with E-state index in [1.807, 2.05) is 38.2 Å². The van der Waals surface area contributed by atoms with Crippen LogP contribution in [0.5, 0.6) is 0 Å². The monoisotopic (exact) mass is 165 g/mol. The van der Waals surface area contributed by atoms with E-state index in [0.717, 1.165) is 5.57 Å². The fourth-order valence-electron chi connectivity index (χ4n) is 0.855. The van der Waals surface area contributed by atoms with Crippen LogP contribution in [0.4, 0.5) is 0 Å². The molecular formula is C10H15NO. The predicted molar refractivity (Wildman–Crippen MR) is 52.9 cm³/mol. The number of allylic oxidation sites excluding steroid dienone is 3. The number of rotatable bonds is 5. The third kappa shape index (κ3) is 4.61. The molecule has 0 aliphatic rings. The van der Waals surface area contributed by atoms with Gasteiger partial charge in [0.15, 0.2) is 0 Å². The first-order valence-corrected chi connectivity index (χ1v) is 3.99. The molecule has 2 nitrogen and oxygen atoms in total. The molecule has 0 aromatic heterocycles. The first-order chi connectivity index (χ1) is 5.74. The summed E-state index contributed by atoms with van der Waals surface area (Å²) in [6.45, 7) is 7.82. The maximum absolute atomic E-state index is 10.0. The van der Waals surface area contributed by atoms with Crippen molar-refractivity contribution in [3.63, 3.8) is 0 Å². The standard InChI is InChI=1S/C10H15NO/c1-4-6-10(8-11-12)7-9(3)5-2/h4-7,9H,2,8H2,1,3H3/b6-4-,10-7+. The van der Waals surface area contributed by atoms with Gasteiger partial charge >= 0.3 is 0 Å². The largest absolute Gasteiger partial charge is 0.150 e. The third-order valence-corrected chi connectivity index (χ3v) is 1.48. The first kappa shape index (κ1) is 10.8. The highest BCUT2D eigenvalue weighted by molar-refractivity contribution is 5.21. The molecule has 0 radical (unpaired) electrons. The van der Waals surface area contributed by atoms with Crippen molar-refractivity contribution in [2.45, 2.75) is 13.8 Å². The topological polar surface area (TPSA) is 29.4 Å². The Kier molecular flexibility index (Phi) is 5.88. The van der Waals surface area contributed by atoms with Crippen molar-refractivity contribution in [3.05, 3.63) is 41.4 Å². The van der Waals surface area contributed by atoms with E-state index in [1.165, 1.54) is 0 Å². The van der Waals surface area contributed by atoms with E-state index in [2.05, 4.69) is 11.8 Å². The van der Waals surface area contributed by atoms with E-state index in [4.69, 9.17) is 0 Å². The lowest BCUT2D eigenvalue weighted by Gasteiger charge is -1.99. The Morgan fingerprint density at radius 1 is 1.67 bits per heavy atom. The normalized spacial score (nSPS) is 14.7. The zero-order valence-electron chi connectivity index (χ0n) is 7.66. The lowest BCUT2D eigenvalue weighted by Crippen LogP contribution is -1.89. The van der Waals surface area contributed by atoms with Gasteiger partial charge in [-0.15, -0.1) is 6.58 Å². The highest BCUT2D eigenvalue weighted by Gasteiger charge is 1.94. The number of nitroso groups, excluding NO2 is 1. The van der Waals surface area contributed by atoms with Gasteiger partial charge in [-0.2, -0.15) is 4.91 Å². The van der Waals surface area contributed by atoms with Crippen LogP contribution < -0.4 is 0 Å². The maximum Gasteiger partial charge on any atom is 0.106 e. The molecule has 0 N–H and O–H groups in total. The molecule has 1 atom stereocenters. The Hall–Kier alpha value is -1.18. The molecule has 0 aromatic carbocycles. The second-order valence-corrected chi connectivity index (χ2v) is 2.62. The Bertz CT molecular complexity index is 204. The van der Waals surface area contributed by atoms with Gasteiger partial charge in [0.2, 0.25) is 0 Å². The molecule has 0 rings (SSSR count). The van der Waals surface area contributed by atoms with Crippen LogP contribution in [0.15, 0.2) is 41.6 Å². The third-order valence-electron chi connectivity index (χ3n) is 1.48. The van der Waals surface area contributed by atoms with E-state index < -0.39 is 0 Å². The van der Waals surface area contributed by atoms with Gasteiger partial charge in [0.25, 0.3) is 0 Å². The van der Waals surface area contributed by atoms with Crippen LogP contribution in [-0.2, 0) is 0 Å². The van der Waals surface area contributed by atoms with Crippen LogP contribution in [0, 0.1) is 10.8 Å². The Morgan fingerprint density at radius 2 is 2.33 bits per heavy atom. The smallest absolute Gasteiger partial charge is 0.106 e. The van der Waals surface area contributed by atoms with Crippen LogP contribution in [0.3, 0.4) is 0 Å². The molecule has 0 saturated carbocycles. The summed E-state index contributed by atoms with van der Waals surface area (Å²) in [6.07, 6.45) is 7.59. The molecule has 0 amide bonds. The van der Waals surface area contributed by atoms with Crippen molar-refractivity contribution < 1.29 is 0 Å². The number of hydrogen-bond acceptors (Lipinski definition) is 2. The summed E-state index contributed by atoms with van der Waals surface area (Å²) in [5.41, 5.74) is 0.944. The quantitative estimate of drug-likeness (QED) is 0.349. The van der Waals surface area contributed by atoms with Gasteiger partial charge in [-0.1, -0.05) is 36.4 Å². The summed E-state index contributed by atoms with van der Waals surface area (Å²) in [6, 6.07) is 0. The zero-order chi connectivity index (χ0) is 9.40. The second-order valence-electron chi connectivity index (χ2n) is 2.62. The van der Waals surface area contributed by atoms with Crippen molar-refractivity contribution in [2.24, 2.45) is 11.1 Å². The van der Waals surface area contributed by atoms with Crippen LogP contribution in [0.25, 0.3) is 0 Å². The van der Waals surface area contributed by atoms with Crippen molar-refractivity contribution in [1.82, 2.24) is 0 Å². The van der Waals surface area contributed by atoms with Crippen LogP contribution in [-0.4, -0.2) is 6.54 Å². The zero-order valence-corrected chi connectivity index (χ0v) is 7.66. The van der Waals surface area contributed by atoms with E-state index in [9.17, 15) is 4.91 Å². The van der Waals surface area contributed by atoms with E-state index in [0.29, 0.717) is 0 Å². The van der Waals surface area contributed by atoms with Crippen molar-refractivity contribution >= 4 is 0 Å². The molecular weight excluding hydrogens is 150 g/mol. The molecule has 0 spiro atoms. The lowest BCUT2D eigenvalue weighted by atomic mass is 10.1. The Labute approximate surface area is 73.6 Å². The summed E-state index contributed by atoms with van der Waals surface area (Å²) >= 11 is 0. The summed E-state index contributed by atoms with van der Waals surface area (Å²) in [7, 11) is 0. The summed E-state index contributed by atoms with van der Waals surface area (Å²) in [5, 5.41) is 2.84. The molecule has 1 unspecified atom stereocenters. The molecule has 2 heteroatoms. The molecule has 0 aromatic rings. The van der Waals surface area contributed by atoms with E-state index >= 15 is 0 Å². The average molecular weight is 165 g/mol. The van der Waals surface area contributed by atoms with Crippen LogP contribution in [0.2, 0.25) is 0 Å². The minimum absolute atomic E-state index is 0.239. The maximum atomic E-state index is 10.0. The van der Waals surface area contributed by atoms with Gasteiger partial charge in [0.1, 0.15) is 6.54 Å². The fraction of sp³-hybridized carbons (Fsp3) is 0.400. The SMILES string of the molecule is C=CC(C)/C=C(\C=C/C)CN=O. The van der Waals surface area contributed by atoms with Gasteiger partial charge < -0.3 is 0 Å². The molecule has 0 saturated heterocycles. The molecule has 0 heterocycles. The van der Waals surface area contributed by atoms with E-state index in [1.54, 1.807) is 0 Å². The molecule has 12 heavy (non-hydrogen) atoms. The van der Waals surface area contributed by atoms with Crippen LogP contribution in [0.1, 0.15) is 13.8 Å². The molecule has 0 aliphatic heterocycles. The Balaban J connectivity index is 4.35. The second kappa shape index (κ2) is 6.53. The van der Waals surface area contributed by atoms with Crippen molar-refractivity contribution in [2.75, 3.05) is 6.54 Å². The predicted octanol–water partition coefficient (Wildman–Crippen LogP) is 3.08. The summed E-state index contributed by atoms with van der Waals surface area (Å²) in [4.78, 5) is 10.0. The van der Waals surface area contributed by atoms with Gasteiger partial charge in [-0.3, -0.25) is 0 Å². The lowest BCUT2D eigenvalue weighted by molar-refractivity contribution is 0.924. The minimum atomic E-state index is 0.239. The van der Waals surface area contributed by atoms with Crippen LogP contribution >= 0.6 is 0 Å². The Morgan fingerprint density at radius 3 is 2.75 bits per heavy atom. The first-order valence-electron chi connectivity index (χ1n) is 3.99. The number of hydrogen-bond donors (Lipinski definition) is 0. The fourth-order valence-corrected chi connectivity index (χ4v) is 0.855.